The lowest BCUT2D eigenvalue weighted by Crippen LogP contribution is -2.34. The van der Waals surface area contributed by atoms with Crippen LogP contribution in [0.25, 0.3) is 0 Å². The summed E-state index contributed by atoms with van der Waals surface area (Å²) in [4.78, 5) is 27.3. The first-order valence-electron chi connectivity index (χ1n) is 7.96. The molecule has 4 atom stereocenters. The van der Waals surface area contributed by atoms with Gasteiger partial charge in [-0.2, -0.15) is 0 Å². The molecule has 0 aliphatic carbocycles. The molecule has 0 aromatic heterocycles. The minimum absolute atomic E-state index is 0.0342. The number of aryl methyl sites for hydroxylation is 1. The molecule has 3 aliphatic heterocycles. The van der Waals surface area contributed by atoms with Crippen molar-refractivity contribution in [3.63, 3.8) is 0 Å². The van der Waals surface area contributed by atoms with Gasteiger partial charge in [0.2, 0.25) is 11.8 Å². The molecule has 5 rings (SSSR count). The standard InChI is InChI=1S/C19H16N2O2/c1-10-6-8-11(9-7-10)21-18(22)14-15(19(21)23)17-13-5-3-2-4-12(13)16(14)20-17/h2-9,14-17,20H,1H3/t14-,15+,16+,17-. The van der Waals surface area contributed by atoms with E-state index in [-0.39, 0.29) is 35.7 Å². The molecule has 4 heteroatoms. The molecule has 2 saturated heterocycles. The highest BCUT2D eigenvalue weighted by molar-refractivity contribution is 6.23. The molecule has 23 heavy (non-hydrogen) atoms. The van der Waals surface area contributed by atoms with Gasteiger partial charge in [0.25, 0.3) is 0 Å². The quantitative estimate of drug-likeness (QED) is 0.824. The Kier molecular flexibility index (Phi) is 2.43. The van der Waals surface area contributed by atoms with Gasteiger partial charge in [0.15, 0.2) is 0 Å². The van der Waals surface area contributed by atoms with Crippen LogP contribution < -0.4 is 10.2 Å². The van der Waals surface area contributed by atoms with Gasteiger partial charge in [-0.25, -0.2) is 4.90 Å². The van der Waals surface area contributed by atoms with E-state index < -0.39 is 0 Å². The number of anilines is 1. The summed E-state index contributed by atoms with van der Waals surface area (Å²) in [6.45, 7) is 1.99. The minimum atomic E-state index is -0.274. The van der Waals surface area contributed by atoms with Crippen LogP contribution in [-0.4, -0.2) is 11.8 Å². The van der Waals surface area contributed by atoms with E-state index in [0.717, 1.165) is 5.56 Å². The maximum Gasteiger partial charge on any atom is 0.239 e. The van der Waals surface area contributed by atoms with Crippen LogP contribution in [0.2, 0.25) is 0 Å². The molecule has 2 fully saturated rings. The molecule has 2 bridgehead atoms. The van der Waals surface area contributed by atoms with Crippen molar-refractivity contribution < 1.29 is 9.59 Å². The number of nitrogens with zero attached hydrogens (tertiary/aromatic N) is 1. The van der Waals surface area contributed by atoms with Gasteiger partial charge in [0.1, 0.15) is 0 Å². The van der Waals surface area contributed by atoms with Gasteiger partial charge < -0.3 is 5.32 Å². The highest BCUT2D eigenvalue weighted by atomic mass is 16.2. The molecule has 114 valence electrons. The average molecular weight is 304 g/mol. The van der Waals surface area contributed by atoms with E-state index in [1.807, 2.05) is 43.3 Å². The lowest BCUT2D eigenvalue weighted by Gasteiger charge is -2.21. The monoisotopic (exact) mass is 304 g/mol. The van der Waals surface area contributed by atoms with Gasteiger partial charge >= 0.3 is 0 Å². The third-order valence-corrected chi connectivity index (χ3v) is 5.43. The van der Waals surface area contributed by atoms with Crippen LogP contribution in [0.3, 0.4) is 0 Å². The Balaban J connectivity index is 1.59. The summed E-state index contributed by atoms with van der Waals surface area (Å²) < 4.78 is 0. The Bertz CT molecular complexity index is 796. The summed E-state index contributed by atoms with van der Waals surface area (Å²) in [6, 6.07) is 15.6. The fraction of sp³-hybridized carbons (Fsp3) is 0.263. The zero-order chi connectivity index (χ0) is 15.7. The highest BCUT2D eigenvalue weighted by Gasteiger charge is 2.63. The van der Waals surface area contributed by atoms with E-state index in [0.29, 0.717) is 5.69 Å². The predicted molar refractivity (Wildman–Crippen MR) is 85.7 cm³/mol. The number of hydrogen-bond acceptors (Lipinski definition) is 3. The van der Waals surface area contributed by atoms with Crippen LogP contribution in [0.4, 0.5) is 5.69 Å². The third-order valence-electron chi connectivity index (χ3n) is 5.43. The molecule has 3 aliphatic rings. The Morgan fingerprint density at radius 1 is 0.826 bits per heavy atom. The zero-order valence-corrected chi connectivity index (χ0v) is 12.7. The number of carbonyl (C=O) groups excluding carboxylic acids is 2. The zero-order valence-electron chi connectivity index (χ0n) is 12.7. The van der Waals surface area contributed by atoms with Crippen LogP contribution >= 0.6 is 0 Å². The summed E-state index contributed by atoms with van der Waals surface area (Å²) in [5.74, 6) is -0.691. The molecule has 3 heterocycles. The molecular weight excluding hydrogens is 288 g/mol. The van der Waals surface area contributed by atoms with Crippen molar-refractivity contribution in [2.45, 2.75) is 19.0 Å². The first kappa shape index (κ1) is 13.0. The predicted octanol–water partition coefficient (Wildman–Crippen LogP) is 2.50. The van der Waals surface area contributed by atoms with Crippen molar-refractivity contribution >= 4 is 17.5 Å². The van der Waals surface area contributed by atoms with Crippen molar-refractivity contribution in [3.05, 3.63) is 65.2 Å². The average Bonchev–Trinajstić information content (AvgIpc) is 3.20. The van der Waals surface area contributed by atoms with Crippen LogP contribution in [0.5, 0.6) is 0 Å². The lowest BCUT2D eigenvalue weighted by atomic mass is 9.77. The van der Waals surface area contributed by atoms with Crippen LogP contribution in [0.15, 0.2) is 48.5 Å². The molecule has 0 unspecified atom stereocenters. The van der Waals surface area contributed by atoms with Gasteiger partial charge in [-0.3, -0.25) is 9.59 Å². The molecule has 0 spiro atoms. The number of carbonyl (C=O) groups is 2. The molecular formula is C19H16N2O2. The second-order valence-corrected chi connectivity index (χ2v) is 6.65. The minimum Gasteiger partial charge on any atom is -0.301 e. The summed E-state index contributed by atoms with van der Waals surface area (Å²) in [5.41, 5.74) is 4.14. The largest absolute Gasteiger partial charge is 0.301 e. The van der Waals surface area contributed by atoms with E-state index in [1.54, 1.807) is 0 Å². The summed E-state index contributed by atoms with van der Waals surface area (Å²) >= 11 is 0. The third kappa shape index (κ3) is 1.54. The van der Waals surface area contributed by atoms with E-state index >= 15 is 0 Å². The van der Waals surface area contributed by atoms with Gasteiger partial charge in [-0.05, 0) is 30.2 Å². The van der Waals surface area contributed by atoms with Gasteiger partial charge in [-0.15, -0.1) is 0 Å². The summed E-state index contributed by atoms with van der Waals surface area (Å²) in [7, 11) is 0. The number of hydrogen-bond donors (Lipinski definition) is 1. The second kappa shape index (κ2) is 4.30. The van der Waals surface area contributed by atoms with Gasteiger partial charge in [-0.1, -0.05) is 42.0 Å². The Hall–Kier alpha value is -2.46. The van der Waals surface area contributed by atoms with Crippen molar-refractivity contribution in [2.24, 2.45) is 11.8 Å². The lowest BCUT2D eigenvalue weighted by molar-refractivity contribution is -0.123. The maximum atomic E-state index is 12.9. The molecule has 1 N–H and O–H groups in total. The fourth-order valence-corrected chi connectivity index (χ4v) is 4.41. The number of benzene rings is 2. The maximum absolute atomic E-state index is 12.9. The molecule has 2 aromatic rings. The van der Waals surface area contributed by atoms with E-state index in [2.05, 4.69) is 17.4 Å². The molecule has 0 saturated carbocycles. The summed E-state index contributed by atoms with van der Waals surface area (Å²) in [5, 5.41) is 3.47. The van der Waals surface area contributed by atoms with Crippen molar-refractivity contribution in [1.82, 2.24) is 5.32 Å². The van der Waals surface area contributed by atoms with E-state index in [9.17, 15) is 9.59 Å². The smallest absolute Gasteiger partial charge is 0.239 e. The number of amides is 2. The van der Waals surface area contributed by atoms with Crippen LogP contribution in [0.1, 0.15) is 28.8 Å². The molecule has 4 nitrogen and oxygen atoms in total. The molecule has 2 aromatic carbocycles. The molecule has 0 radical (unpaired) electrons. The van der Waals surface area contributed by atoms with Crippen LogP contribution in [0, 0.1) is 18.8 Å². The first-order valence-corrected chi connectivity index (χ1v) is 7.96. The highest BCUT2D eigenvalue weighted by Crippen LogP contribution is 2.56. The topological polar surface area (TPSA) is 49.4 Å². The number of rotatable bonds is 1. The Labute approximate surface area is 134 Å². The summed E-state index contributed by atoms with van der Waals surface area (Å²) in [6.07, 6.45) is 0. The first-order chi connectivity index (χ1) is 11.2. The Morgan fingerprint density at radius 3 is 1.87 bits per heavy atom. The van der Waals surface area contributed by atoms with E-state index in [4.69, 9.17) is 0 Å². The molecule has 2 amide bonds. The SMILES string of the molecule is Cc1ccc(N2C(=O)[C@@H]3[C@H](C2=O)[C@@H]2N[C@H]3c3ccccc32)cc1. The number of nitrogens with one attached hydrogen (secondary N) is 1. The van der Waals surface area contributed by atoms with Crippen molar-refractivity contribution in [3.8, 4) is 0 Å². The van der Waals surface area contributed by atoms with Gasteiger partial charge in [0, 0.05) is 12.1 Å². The van der Waals surface area contributed by atoms with Gasteiger partial charge in [0.05, 0.1) is 17.5 Å². The van der Waals surface area contributed by atoms with Crippen LogP contribution in [-0.2, 0) is 9.59 Å². The normalized spacial score (nSPS) is 30.7. The Morgan fingerprint density at radius 2 is 1.35 bits per heavy atom. The van der Waals surface area contributed by atoms with Crippen molar-refractivity contribution in [2.75, 3.05) is 4.90 Å². The number of fused-ring (bicyclic) bond motifs is 8. The van der Waals surface area contributed by atoms with E-state index in [1.165, 1.54) is 16.0 Å². The van der Waals surface area contributed by atoms with Crippen molar-refractivity contribution in [1.29, 1.82) is 0 Å². The fourth-order valence-electron chi connectivity index (χ4n) is 4.41. The second-order valence-electron chi connectivity index (χ2n) is 6.65. The number of imide groups is 1.